The lowest BCUT2D eigenvalue weighted by molar-refractivity contribution is 0.0726. The molecule has 0 saturated heterocycles. The van der Waals surface area contributed by atoms with Crippen LogP contribution in [0.4, 0.5) is 0 Å². The van der Waals surface area contributed by atoms with E-state index >= 15 is 0 Å². The summed E-state index contributed by atoms with van der Waals surface area (Å²) in [6.45, 7) is 7.86. The van der Waals surface area contributed by atoms with Gasteiger partial charge in [0.05, 0.1) is 0 Å². The summed E-state index contributed by atoms with van der Waals surface area (Å²) in [6.07, 6.45) is 3.61. The number of hydrogen-bond acceptors (Lipinski definition) is 3. The first kappa shape index (κ1) is 21.5. The molecule has 1 aliphatic rings. The molecule has 1 amide bonds. The van der Waals surface area contributed by atoms with E-state index in [4.69, 9.17) is 5.73 Å². The number of amides is 1. The van der Waals surface area contributed by atoms with Crippen LogP contribution < -0.4 is 5.73 Å². The number of halogens is 1. The predicted octanol–water partition coefficient (Wildman–Crippen LogP) is 6.02. The van der Waals surface area contributed by atoms with Crippen molar-refractivity contribution in [3.63, 3.8) is 0 Å². The van der Waals surface area contributed by atoms with E-state index in [2.05, 4.69) is 66.3 Å². The lowest BCUT2D eigenvalue weighted by Crippen LogP contribution is -2.44. The van der Waals surface area contributed by atoms with Crippen molar-refractivity contribution in [1.82, 2.24) is 4.90 Å². The minimum atomic E-state index is -0.302. The topological polar surface area (TPSA) is 46.3 Å². The molecule has 4 rings (SSSR count). The van der Waals surface area contributed by atoms with Crippen molar-refractivity contribution in [2.24, 2.45) is 5.73 Å². The van der Waals surface area contributed by atoms with Gasteiger partial charge in [-0.05, 0) is 104 Å². The SMILES string of the molecule is Cc1ccc2c(c1C)CCN(CCC(C)(N)CCc1csc3ccc(Br)cc13)C2=O. The smallest absolute Gasteiger partial charge is 0.254 e. The fourth-order valence-electron chi connectivity index (χ4n) is 4.31. The summed E-state index contributed by atoms with van der Waals surface area (Å²) < 4.78 is 2.43. The second-order valence-corrected chi connectivity index (χ2v) is 10.7. The fourth-order valence-corrected chi connectivity index (χ4v) is 5.65. The zero-order chi connectivity index (χ0) is 21.5. The van der Waals surface area contributed by atoms with Crippen molar-refractivity contribution < 1.29 is 4.79 Å². The van der Waals surface area contributed by atoms with Gasteiger partial charge < -0.3 is 10.6 Å². The maximum Gasteiger partial charge on any atom is 0.254 e. The summed E-state index contributed by atoms with van der Waals surface area (Å²) in [7, 11) is 0. The minimum Gasteiger partial charge on any atom is -0.338 e. The first-order valence-electron chi connectivity index (χ1n) is 10.6. The number of carbonyl (C=O) groups excluding carboxylic acids is 1. The lowest BCUT2D eigenvalue weighted by atomic mass is 9.89. The predicted molar refractivity (Wildman–Crippen MR) is 131 cm³/mol. The van der Waals surface area contributed by atoms with Crippen LogP contribution in [-0.4, -0.2) is 29.4 Å². The molecule has 158 valence electrons. The van der Waals surface area contributed by atoms with E-state index in [-0.39, 0.29) is 11.4 Å². The average molecular weight is 485 g/mol. The molecule has 2 N–H and O–H groups in total. The molecule has 0 spiro atoms. The number of nitrogens with two attached hydrogens (primary N) is 1. The van der Waals surface area contributed by atoms with Crippen molar-refractivity contribution in [2.45, 2.75) is 52.0 Å². The van der Waals surface area contributed by atoms with Gasteiger partial charge in [-0.15, -0.1) is 11.3 Å². The highest BCUT2D eigenvalue weighted by atomic mass is 79.9. The number of aryl methyl sites for hydroxylation is 2. The van der Waals surface area contributed by atoms with Crippen LogP contribution >= 0.6 is 27.3 Å². The van der Waals surface area contributed by atoms with Crippen LogP contribution in [-0.2, 0) is 12.8 Å². The Labute approximate surface area is 191 Å². The molecule has 0 saturated carbocycles. The van der Waals surface area contributed by atoms with Crippen molar-refractivity contribution >= 4 is 43.3 Å². The van der Waals surface area contributed by atoms with E-state index in [1.54, 1.807) is 11.3 Å². The maximum absolute atomic E-state index is 13.0. The number of benzene rings is 2. The van der Waals surface area contributed by atoms with E-state index in [9.17, 15) is 4.79 Å². The summed E-state index contributed by atoms with van der Waals surface area (Å²) in [6, 6.07) is 10.5. The normalized spacial score (nSPS) is 16.0. The van der Waals surface area contributed by atoms with Gasteiger partial charge in [0.2, 0.25) is 0 Å². The van der Waals surface area contributed by atoms with E-state index in [1.807, 2.05) is 11.0 Å². The van der Waals surface area contributed by atoms with E-state index in [0.717, 1.165) is 42.3 Å². The van der Waals surface area contributed by atoms with Crippen molar-refractivity contribution in [2.75, 3.05) is 13.1 Å². The first-order chi connectivity index (χ1) is 14.2. The molecule has 3 nitrogen and oxygen atoms in total. The molecular weight excluding hydrogens is 456 g/mol. The number of rotatable bonds is 6. The van der Waals surface area contributed by atoms with Gasteiger partial charge in [0.15, 0.2) is 0 Å². The number of fused-ring (bicyclic) bond motifs is 2. The second kappa shape index (κ2) is 8.45. The second-order valence-electron chi connectivity index (χ2n) is 8.88. The number of hydrogen-bond donors (Lipinski definition) is 1. The Morgan fingerprint density at radius 3 is 2.80 bits per heavy atom. The Balaban J connectivity index is 1.38. The van der Waals surface area contributed by atoms with Crippen LogP contribution in [0.2, 0.25) is 0 Å². The van der Waals surface area contributed by atoms with Gasteiger partial charge in [-0.25, -0.2) is 0 Å². The molecule has 2 aromatic carbocycles. The summed E-state index contributed by atoms with van der Waals surface area (Å²) in [5, 5.41) is 3.57. The average Bonchev–Trinajstić information content (AvgIpc) is 3.11. The van der Waals surface area contributed by atoms with Crippen LogP contribution in [0.5, 0.6) is 0 Å². The van der Waals surface area contributed by atoms with Crippen LogP contribution in [0.25, 0.3) is 10.1 Å². The van der Waals surface area contributed by atoms with Gasteiger partial charge in [-0.2, -0.15) is 0 Å². The van der Waals surface area contributed by atoms with Gasteiger partial charge in [0, 0.05) is 33.4 Å². The zero-order valence-corrected chi connectivity index (χ0v) is 20.3. The molecule has 0 aliphatic carbocycles. The molecule has 2 heterocycles. The molecule has 5 heteroatoms. The summed E-state index contributed by atoms with van der Waals surface area (Å²) in [5.41, 5.74) is 12.3. The largest absolute Gasteiger partial charge is 0.338 e. The molecule has 1 unspecified atom stereocenters. The van der Waals surface area contributed by atoms with Gasteiger partial charge in [0.25, 0.3) is 5.91 Å². The Morgan fingerprint density at radius 1 is 1.20 bits per heavy atom. The number of nitrogens with zero attached hydrogens (tertiary/aromatic N) is 1. The third-order valence-electron chi connectivity index (χ3n) is 6.55. The highest BCUT2D eigenvalue weighted by Crippen LogP contribution is 2.31. The molecule has 0 bridgehead atoms. The summed E-state index contributed by atoms with van der Waals surface area (Å²) >= 11 is 5.37. The maximum atomic E-state index is 13.0. The van der Waals surface area contributed by atoms with Gasteiger partial charge in [-0.1, -0.05) is 22.0 Å². The number of thiophene rings is 1. The Bertz CT molecular complexity index is 1100. The highest BCUT2D eigenvalue weighted by molar-refractivity contribution is 9.10. The monoisotopic (exact) mass is 484 g/mol. The molecule has 1 aliphatic heterocycles. The van der Waals surface area contributed by atoms with E-state index < -0.39 is 0 Å². The third kappa shape index (κ3) is 4.34. The lowest BCUT2D eigenvalue weighted by Gasteiger charge is -2.33. The molecular formula is C25H29BrN2OS. The zero-order valence-electron chi connectivity index (χ0n) is 17.9. The third-order valence-corrected chi connectivity index (χ3v) is 8.06. The summed E-state index contributed by atoms with van der Waals surface area (Å²) in [5.74, 6) is 0.156. The van der Waals surface area contributed by atoms with Gasteiger partial charge in [0.1, 0.15) is 0 Å². The molecule has 1 aromatic heterocycles. The Kier molecular flexibility index (Phi) is 6.06. The van der Waals surface area contributed by atoms with Crippen molar-refractivity contribution in [3.8, 4) is 0 Å². The van der Waals surface area contributed by atoms with Gasteiger partial charge >= 0.3 is 0 Å². The number of carbonyl (C=O) groups is 1. The molecule has 3 aromatic rings. The molecule has 0 fully saturated rings. The Hall–Kier alpha value is -1.69. The van der Waals surface area contributed by atoms with E-state index in [1.165, 1.54) is 32.3 Å². The van der Waals surface area contributed by atoms with Crippen LogP contribution in [0, 0.1) is 13.8 Å². The minimum absolute atomic E-state index is 0.156. The summed E-state index contributed by atoms with van der Waals surface area (Å²) in [4.78, 5) is 15.0. The molecule has 30 heavy (non-hydrogen) atoms. The van der Waals surface area contributed by atoms with Gasteiger partial charge in [-0.3, -0.25) is 4.79 Å². The van der Waals surface area contributed by atoms with Crippen LogP contribution in [0.1, 0.15) is 52.4 Å². The van der Waals surface area contributed by atoms with Crippen molar-refractivity contribution in [3.05, 3.63) is 68.0 Å². The Morgan fingerprint density at radius 2 is 2.00 bits per heavy atom. The van der Waals surface area contributed by atoms with Crippen molar-refractivity contribution in [1.29, 1.82) is 0 Å². The van der Waals surface area contributed by atoms with Crippen LogP contribution in [0.15, 0.2) is 40.2 Å². The highest BCUT2D eigenvalue weighted by Gasteiger charge is 2.28. The molecule has 1 atom stereocenters. The first-order valence-corrected chi connectivity index (χ1v) is 12.3. The standard InChI is InChI=1S/C25H29BrN2OS/c1-16-4-6-21-20(17(16)2)9-12-28(24(21)29)13-11-25(3,27)10-8-18-15-30-23-7-5-19(26)14-22(18)23/h4-7,14-15H,8-13,27H2,1-3H3. The van der Waals surface area contributed by atoms with E-state index in [0.29, 0.717) is 6.54 Å². The molecule has 0 radical (unpaired) electrons. The quantitative estimate of drug-likeness (QED) is 0.464. The van der Waals surface area contributed by atoms with Crippen LogP contribution in [0.3, 0.4) is 0 Å². The fraction of sp³-hybridized carbons (Fsp3) is 0.400.